The number of para-hydroxylation sites is 1. The number of sulfonamides is 1. The van der Waals surface area contributed by atoms with Gasteiger partial charge in [0.05, 0.1) is 25.7 Å². The maximum Gasteiger partial charge on any atom is 0.340 e. The van der Waals surface area contributed by atoms with Crippen LogP contribution in [-0.2, 0) is 19.6 Å². The Hall–Kier alpha value is -2.53. The number of rotatable bonds is 8. The minimum atomic E-state index is -3.78. The summed E-state index contributed by atoms with van der Waals surface area (Å²) in [6.45, 7) is 3.44. The van der Waals surface area contributed by atoms with Gasteiger partial charge in [0, 0.05) is 13.1 Å². The number of esters is 1. The number of halogens is 1. The first-order chi connectivity index (χ1) is 14.8. The molecule has 1 heterocycles. The molecule has 31 heavy (non-hydrogen) atoms. The Balaban J connectivity index is 1.69. The molecule has 0 aliphatic carbocycles. The highest BCUT2D eigenvalue weighted by Gasteiger charge is 2.24. The van der Waals surface area contributed by atoms with Crippen LogP contribution in [0.2, 0.25) is 5.02 Å². The molecule has 0 bridgehead atoms. The summed E-state index contributed by atoms with van der Waals surface area (Å²) in [4.78, 5) is 28.8. The van der Waals surface area contributed by atoms with Gasteiger partial charge in [0.2, 0.25) is 10.0 Å². The number of fused-ring (bicyclic) bond motifs is 1. The van der Waals surface area contributed by atoms with Gasteiger partial charge in [0.1, 0.15) is 0 Å². The van der Waals surface area contributed by atoms with Crippen LogP contribution in [0.4, 0.5) is 5.13 Å². The quantitative estimate of drug-likeness (QED) is 0.491. The van der Waals surface area contributed by atoms with Gasteiger partial charge < -0.3 is 4.74 Å². The van der Waals surface area contributed by atoms with E-state index in [1.807, 2.05) is 24.3 Å². The molecular weight excluding hydrogens is 462 g/mol. The molecule has 1 amide bonds. The van der Waals surface area contributed by atoms with E-state index in [1.165, 1.54) is 27.8 Å². The fourth-order valence-electron chi connectivity index (χ4n) is 2.82. The number of carbonyl (C=O) groups is 2. The molecule has 2 aromatic carbocycles. The van der Waals surface area contributed by atoms with Crippen LogP contribution < -0.4 is 5.32 Å². The highest BCUT2D eigenvalue weighted by molar-refractivity contribution is 7.89. The monoisotopic (exact) mass is 481 g/mol. The molecule has 1 aromatic heterocycles. The number of aromatic nitrogens is 1. The Bertz CT molecular complexity index is 1190. The Labute approximate surface area is 188 Å². The van der Waals surface area contributed by atoms with E-state index in [4.69, 9.17) is 16.3 Å². The average molecular weight is 482 g/mol. The number of nitrogens with zero attached hydrogens (tertiary/aromatic N) is 2. The van der Waals surface area contributed by atoms with Crippen molar-refractivity contribution in [3.63, 3.8) is 0 Å². The zero-order valence-electron chi connectivity index (χ0n) is 16.8. The average Bonchev–Trinajstić information content (AvgIpc) is 3.15. The normalized spacial score (nSPS) is 11.6. The molecule has 0 fully saturated rings. The highest BCUT2D eigenvalue weighted by Crippen LogP contribution is 2.26. The minimum absolute atomic E-state index is 0.0232. The van der Waals surface area contributed by atoms with E-state index in [-0.39, 0.29) is 28.6 Å². The van der Waals surface area contributed by atoms with Crippen molar-refractivity contribution in [2.45, 2.75) is 18.7 Å². The molecule has 0 aliphatic rings. The number of amides is 1. The number of hydrogen-bond acceptors (Lipinski definition) is 7. The summed E-state index contributed by atoms with van der Waals surface area (Å²) < 4.78 is 32.6. The van der Waals surface area contributed by atoms with Crippen LogP contribution in [0.15, 0.2) is 47.4 Å². The molecule has 3 rings (SSSR count). The second-order valence-electron chi connectivity index (χ2n) is 6.34. The number of nitrogens with one attached hydrogen (secondary N) is 1. The minimum Gasteiger partial charge on any atom is -0.452 e. The van der Waals surface area contributed by atoms with Gasteiger partial charge in [0.15, 0.2) is 11.7 Å². The van der Waals surface area contributed by atoms with Crippen molar-refractivity contribution < 1.29 is 22.7 Å². The van der Waals surface area contributed by atoms with Crippen LogP contribution in [0.1, 0.15) is 24.2 Å². The summed E-state index contributed by atoms with van der Waals surface area (Å²) in [5, 5.41) is 2.98. The second-order valence-corrected chi connectivity index (χ2v) is 9.72. The van der Waals surface area contributed by atoms with Gasteiger partial charge in [0.25, 0.3) is 5.91 Å². The van der Waals surface area contributed by atoms with Crippen LogP contribution >= 0.6 is 22.9 Å². The van der Waals surface area contributed by atoms with Gasteiger partial charge >= 0.3 is 5.97 Å². The number of hydrogen-bond donors (Lipinski definition) is 1. The lowest BCUT2D eigenvalue weighted by Crippen LogP contribution is -2.30. The SMILES string of the molecule is CCN(CC)S(=O)(=O)c1ccc(Cl)c(C(=O)OCC(=O)Nc2nc3ccccc3s2)c1. The van der Waals surface area contributed by atoms with Gasteiger partial charge in [-0.2, -0.15) is 4.31 Å². The van der Waals surface area contributed by atoms with E-state index in [0.717, 1.165) is 16.3 Å². The van der Waals surface area contributed by atoms with Gasteiger partial charge in [-0.1, -0.05) is 48.9 Å². The fourth-order valence-corrected chi connectivity index (χ4v) is 5.39. The first kappa shape index (κ1) is 23.1. The molecule has 11 heteroatoms. The highest BCUT2D eigenvalue weighted by atomic mass is 35.5. The van der Waals surface area contributed by atoms with E-state index in [9.17, 15) is 18.0 Å². The zero-order chi connectivity index (χ0) is 22.6. The topological polar surface area (TPSA) is 106 Å². The van der Waals surface area contributed by atoms with E-state index < -0.39 is 28.5 Å². The summed E-state index contributed by atoms with van der Waals surface area (Å²) in [5.74, 6) is -1.48. The van der Waals surface area contributed by atoms with Crippen LogP contribution in [0.5, 0.6) is 0 Å². The molecule has 3 aromatic rings. The van der Waals surface area contributed by atoms with Crippen molar-refractivity contribution in [2.24, 2.45) is 0 Å². The van der Waals surface area contributed by atoms with Gasteiger partial charge in [-0.05, 0) is 30.3 Å². The number of ether oxygens (including phenoxy) is 1. The van der Waals surface area contributed by atoms with Gasteiger partial charge in [-0.15, -0.1) is 0 Å². The van der Waals surface area contributed by atoms with E-state index in [0.29, 0.717) is 5.13 Å². The molecule has 164 valence electrons. The second kappa shape index (κ2) is 9.73. The van der Waals surface area contributed by atoms with Crippen LogP contribution in [-0.4, -0.2) is 49.3 Å². The molecule has 0 saturated heterocycles. The first-order valence-electron chi connectivity index (χ1n) is 9.38. The third-order valence-electron chi connectivity index (χ3n) is 4.38. The van der Waals surface area contributed by atoms with E-state index in [1.54, 1.807) is 13.8 Å². The van der Waals surface area contributed by atoms with Crippen molar-refractivity contribution in [2.75, 3.05) is 25.0 Å². The van der Waals surface area contributed by atoms with Crippen LogP contribution in [0.3, 0.4) is 0 Å². The van der Waals surface area contributed by atoms with Crippen molar-refractivity contribution in [3.8, 4) is 0 Å². The molecule has 1 N–H and O–H groups in total. The Morgan fingerprint density at radius 3 is 2.55 bits per heavy atom. The lowest BCUT2D eigenvalue weighted by molar-refractivity contribution is -0.119. The maximum absolute atomic E-state index is 12.7. The molecule has 0 atom stereocenters. The number of carbonyl (C=O) groups excluding carboxylic acids is 2. The summed E-state index contributed by atoms with van der Waals surface area (Å²) in [6, 6.07) is 11.2. The molecular formula is C20H20ClN3O5S2. The van der Waals surface area contributed by atoms with Gasteiger partial charge in [-0.3, -0.25) is 10.1 Å². The lowest BCUT2D eigenvalue weighted by atomic mass is 10.2. The molecule has 0 spiro atoms. The summed E-state index contributed by atoms with van der Waals surface area (Å²) in [6.07, 6.45) is 0. The fraction of sp³-hybridized carbons (Fsp3) is 0.250. The molecule has 0 radical (unpaired) electrons. The van der Waals surface area contributed by atoms with Crippen LogP contribution in [0.25, 0.3) is 10.2 Å². The predicted octanol–water partition coefficient (Wildman–Crippen LogP) is 3.78. The number of anilines is 1. The van der Waals surface area contributed by atoms with E-state index in [2.05, 4.69) is 10.3 Å². The van der Waals surface area contributed by atoms with Crippen molar-refractivity contribution in [3.05, 3.63) is 53.1 Å². The molecule has 0 unspecified atom stereocenters. The summed E-state index contributed by atoms with van der Waals surface area (Å²) in [7, 11) is -3.78. The smallest absolute Gasteiger partial charge is 0.340 e. The first-order valence-corrected chi connectivity index (χ1v) is 12.0. The maximum atomic E-state index is 12.7. The van der Waals surface area contributed by atoms with Gasteiger partial charge in [-0.25, -0.2) is 18.2 Å². The van der Waals surface area contributed by atoms with Crippen molar-refractivity contribution in [1.82, 2.24) is 9.29 Å². The Morgan fingerprint density at radius 1 is 1.16 bits per heavy atom. The Morgan fingerprint density at radius 2 is 1.87 bits per heavy atom. The van der Waals surface area contributed by atoms with E-state index >= 15 is 0 Å². The molecule has 0 aliphatic heterocycles. The lowest BCUT2D eigenvalue weighted by Gasteiger charge is -2.19. The predicted molar refractivity (Wildman–Crippen MR) is 120 cm³/mol. The number of thiazole rings is 1. The third-order valence-corrected chi connectivity index (χ3v) is 7.70. The zero-order valence-corrected chi connectivity index (χ0v) is 19.2. The number of benzene rings is 2. The van der Waals surface area contributed by atoms with Crippen molar-refractivity contribution >= 4 is 60.2 Å². The standard InChI is InChI=1S/C20H20ClN3O5S2/c1-3-24(4-2)31(27,28)13-9-10-15(21)14(11-13)19(26)29-12-18(25)23-20-22-16-7-5-6-8-17(16)30-20/h5-11H,3-4,12H2,1-2H3,(H,22,23,25). The largest absolute Gasteiger partial charge is 0.452 e. The molecule has 0 saturated carbocycles. The molecule has 8 nitrogen and oxygen atoms in total. The van der Waals surface area contributed by atoms with Crippen molar-refractivity contribution in [1.29, 1.82) is 0 Å². The van der Waals surface area contributed by atoms with Crippen LogP contribution in [0, 0.1) is 0 Å². The summed E-state index contributed by atoms with van der Waals surface area (Å²) >= 11 is 7.35. The third kappa shape index (κ3) is 5.21. The Kier molecular flexibility index (Phi) is 7.26. The summed E-state index contributed by atoms with van der Waals surface area (Å²) in [5.41, 5.74) is 0.612.